The van der Waals surface area contributed by atoms with Gasteiger partial charge in [0.2, 0.25) is 5.76 Å². The number of nitrogens with one attached hydrogen (secondary N) is 1. The first-order valence-electron chi connectivity index (χ1n) is 11.0. The van der Waals surface area contributed by atoms with Crippen LogP contribution in [0.5, 0.6) is 5.75 Å². The average Bonchev–Trinajstić information content (AvgIpc) is 3.13. The monoisotopic (exact) mass is 422 g/mol. The van der Waals surface area contributed by atoms with Crippen molar-refractivity contribution in [2.24, 2.45) is 0 Å². The molecule has 1 fully saturated rings. The van der Waals surface area contributed by atoms with Gasteiger partial charge in [-0.3, -0.25) is 4.90 Å². The minimum absolute atomic E-state index is 0.0219. The third-order valence-corrected chi connectivity index (χ3v) is 5.96. The van der Waals surface area contributed by atoms with E-state index >= 15 is 0 Å². The van der Waals surface area contributed by atoms with Crippen LogP contribution < -0.4 is 10.1 Å². The normalized spacial score (nSPS) is 15.4. The van der Waals surface area contributed by atoms with E-state index in [4.69, 9.17) is 9.15 Å². The second-order valence-electron chi connectivity index (χ2n) is 8.18. The van der Waals surface area contributed by atoms with Gasteiger partial charge in [-0.25, -0.2) is 4.79 Å². The largest absolute Gasteiger partial charge is 0.493 e. The number of carboxylic acids is 1. The van der Waals surface area contributed by atoms with Gasteiger partial charge in [0.15, 0.2) is 0 Å². The fraction of sp³-hybridized carbons (Fsp3) is 0.400. The van der Waals surface area contributed by atoms with Crippen LogP contribution in [0.2, 0.25) is 0 Å². The fourth-order valence-electron chi connectivity index (χ4n) is 4.29. The number of carbonyl (C=O) groups is 1. The molecule has 0 bridgehead atoms. The molecule has 0 saturated carbocycles. The van der Waals surface area contributed by atoms with E-state index in [1.807, 2.05) is 12.1 Å². The van der Waals surface area contributed by atoms with Crippen LogP contribution in [0, 0.1) is 6.92 Å². The predicted octanol–water partition coefficient (Wildman–Crippen LogP) is 4.46. The molecule has 164 valence electrons. The van der Waals surface area contributed by atoms with Crippen molar-refractivity contribution in [3.05, 3.63) is 65.4 Å². The van der Waals surface area contributed by atoms with Crippen molar-refractivity contribution < 1.29 is 19.1 Å². The van der Waals surface area contributed by atoms with Gasteiger partial charge in [0.1, 0.15) is 11.3 Å². The van der Waals surface area contributed by atoms with Crippen LogP contribution in [0.25, 0.3) is 11.0 Å². The number of rotatable bonds is 9. The van der Waals surface area contributed by atoms with Crippen LogP contribution in [0.15, 0.2) is 52.9 Å². The average molecular weight is 423 g/mol. The van der Waals surface area contributed by atoms with Gasteiger partial charge in [-0.05, 0) is 63.5 Å². The second kappa shape index (κ2) is 9.98. The molecule has 31 heavy (non-hydrogen) atoms. The molecule has 2 heterocycles. The third kappa shape index (κ3) is 5.27. The number of benzene rings is 2. The molecule has 0 atom stereocenters. The number of aromatic carboxylic acids is 1. The van der Waals surface area contributed by atoms with Gasteiger partial charge in [0.05, 0.1) is 12.0 Å². The van der Waals surface area contributed by atoms with E-state index in [2.05, 4.69) is 40.5 Å². The van der Waals surface area contributed by atoms with Gasteiger partial charge in [-0.1, -0.05) is 36.4 Å². The fourth-order valence-corrected chi connectivity index (χ4v) is 4.29. The molecule has 1 aromatic heterocycles. The Labute approximate surface area is 182 Å². The van der Waals surface area contributed by atoms with Crippen molar-refractivity contribution >= 4 is 16.9 Å². The van der Waals surface area contributed by atoms with Crippen LogP contribution >= 0.6 is 0 Å². The van der Waals surface area contributed by atoms with Crippen molar-refractivity contribution in [3.8, 4) is 5.75 Å². The maximum absolute atomic E-state index is 11.3. The Morgan fingerprint density at radius 1 is 1.16 bits per heavy atom. The van der Waals surface area contributed by atoms with Crippen LogP contribution in [0.4, 0.5) is 0 Å². The zero-order valence-corrected chi connectivity index (χ0v) is 18.0. The first kappa shape index (κ1) is 21.4. The maximum atomic E-state index is 11.3. The number of carboxylic acid groups (broad SMARTS) is 1. The number of likely N-dealkylation sites (tertiary alicyclic amines) is 1. The summed E-state index contributed by atoms with van der Waals surface area (Å²) in [7, 11) is 0. The Balaban J connectivity index is 1.19. The molecule has 2 aromatic carbocycles. The van der Waals surface area contributed by atoms with E-state index in [0.29, 0.717) is 29.5 Å². The summed E-state index contributed by atoms with van der Waals surface area (Å²) in [6, 6.07) is 16.7. The van der Waals surface area contributed by atoms with Crippen LogP contribution in [-0.4, -0.2) is 48.3 Å². The topological polar surface area (TPSA) is 74.9 Å². The Kier molecular flexibility index (Phi) is 6.89. The lowest BCUT2D eigenvalue weighted by Crippen LogP contribution is -2.42. The highest BCUT2D eigenvalue weighted by atomic mass is 16.5. The van der Waals surface area contributed by atoms with Gasteiger partial charge >= 0.3 is 5.97 Å². The number of hydrogen-bond acceptors (Lipinski definition) is 5. The van der Waals surface area contributed by atoms with E-state index in [1.165, 1.54) is 18.4 Å². The third-order valence-electron chi connectivity index (χ3n) is 5.96. The maximum Gasteiger partial charge on any atom is 0.372 e. The van der Waals surface area contributed by atoms with Crippen molar-refractivity contribution in [2.45, 2.75) is 38.8 Å². The summed E-state index contributed by atoms with van der Waals surface area (Å²) in [4.78, 5) is 13.8. The van der Waals surface area contributed by atoms with E-state index in [-0.39, 0.29) is 5.76 Å². The number of hydrogen-bond donors (Lipinski definition) is 2. The van der Waals surface area contributed by atoms with Gasteiger partial charge in [-0.15, -0.1) is 0 Å². The highest BCUT2D eigenvalue weighted by Gasteiger charge is 2.20. The highest BCUT2D eigenvalue weighted by Crippen LogP contribution is 2.33. The summed E-state index contributed by atoms with van der Waals surface area (Å²) >= 11 is 0. The Morgan fingerprint density at radius 3 is 2.68 bits per heavy atom. The number of nitrogens with zero attached hydrogens (tertiary/aromatic N) is 1. The summed E-state index contributed by atoms with van der Waals surface area (Å²) < 4.78 is 11.4. The Hall–Kier alpha value is -2.83. The molecule has 0 unspecified atom stereocenters. The number of furan rings is 1. The molecule has 2 N–H and O–H groups in total. The Bertz CT molecular complexity index is 1010. The molecule has 0 amide bonds. The lowest BCUT2D eigenvalue weighted by Gasteiger charge is -2.32. The second-order valence-corrected chi connectivity index (χ2v) is 8.18. The number of piperidine rings is 1. The molecule has 6 heteroatoms. The first-order valence-corrected chi connectivity index (χ1v) is 11.0. The van der Waals surface area contributed by atoms with Crippen molar-refractivity contribution in [3.63, 3.8) is 0 Å². The standard InChI is InChI=1S/C25H30N2O4/c1-18-23-21(9-5-10-22(23)31-24(18)25(28)29)30-16-6-13-26-20-11-14-27(15-12-20)17-19-7-3-2-4-8-19/h2-5,7-10,20,26H,6,11-17H2,1H3,(H,28,29). The van der Waals surface area contributed by atoms with Crippen molar-refractivity contribution in [1.82, 2.24) is 10.2 Å². The van der Waals surface area contributed by atoms with Crippen LogP contribution in [0.3, 0.4) is 0 Å². The predicted molar refractivity (Wildman–Crippen MR) is 121 cm³/mol. The van der Waals surface area contributed by atoms with E-state index in [0.717, 1.165) is 38.0 Å². The smallest absolute Gasteiger partial charge is 0.372 e. The molecule has 1 saturated heterocycles. The molecular formula is C25H30N2O4. The lowest BCUT2D eigenvalue weighted by molar-refractivity contribution is 0.0664. The van der Waals surface area contributed by atoms with Crippen LogP contribution in [0.1, 0.15) is 40.9 Å². The van der Waals surface area contributed by atoms with E-state index < -0.39 is 5.97 Å². The number of aryl methyl sites for hydroxylation is 1. The van der Waals surface area contributed by atoms with Crippen LogP contribution in [-0.2, 0) is 6.54 Å². The highest BCUT2D eigenvalue weighted by molar-refractivity contribution is 5.97. The minimum atomic E-state index is -1.06. The van der Waals surface area contributed by atoms with Gasteiger partial charge < -0.3 is 19.6 Å². The first-order chi connectivity index (χ1) is 15.1. The molecule has 6 nitrogen and oxygen atoms in total. The molecule has 3 aromatic rings. The van der Waals surface area contributed by atoms with Gasteiger partial charge in [0, 0.05) is 18.2 Å². The molecule has 1 aliphatic rings. The van der Waals surface area contributed by atoms with Gasteiger partial charge in [0.25, 0.3) is 0 Å². The number of fused-ring (bicyclic) bond motifs is 1. The lowest BCUT2D eigenvalue weighted by atomic mass is 10.0. The van der Waals surface area contributed by atoms with Gasteiger partial charge in [-0.2, -0.15) is 0 Å². The molecule has 0 aliphatic carbocycles. The summed E-state index contributed by atoms with van der Waals surface area (Å²) in [5.41, 5.74) is 2.54. The Morgan fingerprint density at radius 2 is 1.94 bits per heavy atom. The quantitative estimate of drug-likeness (QED) is 0.496. The molecule has 0 spiro atoms. The molecule has 4 rings (SSSR count). The molecule has 1 aliphatic heterocycles. The summed E-state index contributed by atoms with van der Waals surface area (Å²) in [6.07, 6.45) is 3.22. The summed E-state index contributed by atoms with van der Waals surface area (Å²) in [5.74, 6) is -0.398. The molecule has 0 radical (unpaired) electrons. The summed E-state index contributed by atoms with van der Waals surface area (Å²) in [6.45, 7) is 6.52. The summed E-state index contributed by atoms with van der Waals surface area (Å²) in [5, 5.41) is 13.7. The zero-order chi connectivity index (χ0) is 21.6. The molecular weight excluding hydrogens is 392 g/mol. The number of ether oxygens (including phenoxy) is 1. The minimum Gasteiger partial charge on any atom is -0.493 e. The van der Waals surface area contributed by atoms with E-state index in [9.17, 15) is 9.90 Å². The van der Waals surface area contributed by atoms with Crippen molar-refractivity contribution in [2.75, 3.05) is 26.2 Å². The SMILES string of the molecule is Cc1c(C(=O)O)oc2cccc(OCCCNC3CCN(Cc4ccccc4)CC3)c12. The van der Waals surface area contributed by atoms with E-state index in [1.54, 1.807) is 13.0 Å². The van der Waals surface area contributed by atoms with Crippen molar-refractivity contribution in [1.29, 1.82) is 0 Å². The zero-order valence-electron chi connectivity index (χ0n) is 18.0.